The normalized spacial score (nSPS) is 15.0. The molecule has 10 atom stereocenters. The Balaban J connectivity index is 1.01. The van der Waals surface area contributed by atoms with Crippen LogP contribution in [0.4, 0.5) is 35.2 Å². The van der Waals surface area contributed by atoms with Crippen LogP contribution in [0.15, 0.2) is 140 Å². The van der Waals surface area contributed by atoms with Gasteiger partial charge in [0.05, 0.1) is 7.98 Å². The summed E-state index contributed by atoms with van der Waals surface area (Å²) in [7, 11) is 0. The molecule has 0 saturated carbocycles. The molecule has 11 amide bonds. The topological polar surface area (TPSA) is 530 Å². The molecular formula is C80H102ClN23O12. The molecule has 0 unspecified atom stereocenters. The van der Waals surface area contributed by atoms with E-state index in [1.54, 1.807) is 109 Å². The number of halogens is 1. The number of pyridine rings is 1. The summed E-state index contributed by atoms with van der Waals surface area (Å²) in [6.45, 7) is 9.94. The standard InChI is InChI=1S/C80H102ClN23O12/c1-44(2)35-59(68(108)91-58(16-9-10-33-86-45(3)4)76(116)104-34-12-17-66(104)75(115)87-46(5)67(82)107)92-70(110)62(38-49-21-28-56(29-22-49)89-79-98-77(83)100-102-79)94-72(112)63(39-50-23-30-57(31-24-50)90-80-99-78(84)101-103-80)96-74(114)65(43-105)97-73(113)64(41-52-13-11-32-85-42-52)95-71(111)61(37-48-19-26-55(81)27-20-48)93-69(109)60(88-47(6)106)40-51-18-25-53-14-7-8-15-54(53)36-51/h7-8,11,13-15,18-32,36,42,44-46,58-66,86,105H,9-10,12,16-17,33-35,37-41,43H2,1-6H3,(H2,82,107)(H,87,115)(H,88,106)(H,91,108)(H,92,110)(H,93,109)(H,94,112)(H,95,111)(H,96,114)(H,97,113)(H4,83,89,98,100,102)(H4,84,90,99,101,103)/t46-,58+,59+,60-,61-,62-,63+,64-,65+,66+/m1/s1/i36T. The summed E-state index contributed by atoms with van der Waals surface area (Å²) < 4.78 is 9.02. The fraction of sp³-hybridized carbons (Fsp3) is 0.400. The van der Waals surface area contributed by atoms with E-state index in [9.17, 15) is 29.1 Å². The van der Waals surface area contributed by atoms with Gasteiger partial charge in [-0.1, -0.05) is 124 Å². The van der Waals surface area contributed by atoms with Crippen LogP contribution in [0.3, 0.4) is 0 Å². The first-order valence-corrected chi connectivity index (χ1v) is 38.7. The number of fused-ring (bicyclic) bond motifs is 1. The van der Waals surface area contributed by atoms with Crippen molar-refractivity contribution < 1.29 is 59.2 Å². The molecule has 8 aromatic rings. The molecular weight excluding hydrogens is 1510 g/mol. The molecule has 9 rings (SSSR count). The molecule has 1 saturated heterocycles. The molecule has 1 fully saturated rings. The van der Waals surface area contributed by atoms with Gasteiger partial charge in [0, 0.05) is 80.4 Å². The maximum absolute atomic E-state index is 15.5. The Morgan fingerprint density at radius 1 is 0.543 bits per heavy atom. The molecule has 5 aromatic carbocycles. The van der Waals surface area contributed by atoms with Gasteiger partial charge in [-0.25, -0.2) is 10.2 Å². The summed E-state index contributed by atoms with van der Waals surface area (Å²) in [5.74, 6) is -8.87. The number of likely N-dealkylation sites (tertiary alicyclic amines) is 1. The van der Waals surface area contributed by atoms with E-state index in [1.807, 2.05) is 39.8 Å². The second-order valence-electron chi connectivity index (χ2n) is 29.2. The van der Waals surface area contributed by atoms with E-state index in [0.29, 0.717) is 75.4 Å². The lowest BCUT2D eigenvalue weighted by Gasteiger charge is -2.31. The Bertz CT molecular complexity index is 4750. The number of nitrogens with one attached hydrogen (secondary N) is 14. The first-order valence-electron chi connectivity index (χ1n) is 38.8. The molecule has 0 radical (unpaired) electrons. The molecule has 0 bridgehead atoms. The van der Waals surface area contributed by atoms with E-state index in [2.05, 4.69) is 99.1 Å². The lowest BCUT2D eigenvalue weighted by molar-refractivity contribution is -0.142. The Morgan fingerprint density at radius 2 is 1.00 bits per heavy atom. The number of rotatable bonds is 42. The molecule has 3 aromatic heterocycles. The van der Waals surface area contributed by atoms with Crippen LogP contribution in [-0.4, -0.2) is 196 Å². The highest BCUT2D eigenvalue weighted by Crippen LogP contribution is 2.24. The number of nitrogens with zero attached hydrogens (tertiary/aromatic N) is 6. The Labute approximate surface area is 676 Å². The number of aromatic nitrogens is 7. The number of aliphatic hydroxyl groups excluding tert-OH is 1. The predicted octanol–water partition coefficient (Wildman–Crippen LogP) is 2.38. The maximum Gasteiger partial charge on any atom is 0.245 e. The second kappa shape index (κ2) is 42.5. The highest BCUT2D eigenvalue weighted by molar-refractivity contribution is 6.30. The van der Waals surface area contributed by atoms with Gasteiger partial charge in [0.15, 0.2) is 0 Å². The van der Waals surface area contributed by atoms with E-state index >= 15 is 28.8 Å². The van der Waals surface area contributed by atoms with Crippen molar-refractivity contribution in [3.63, 3.8) is 0 Å². The number of amides is 11. The molecule has 616 valence electrons. The minimum absolute atomic E-state index is 0.0147. The van der Waals surface area contributed by atoms with Crippen LogP contribution in [0.25, 0.3) is 10.8 Å². The molecule has 0 aliphatic carbocycles. The van der Waals surface area contributed by atoms with Crippen LogP contribution in [0.2, 0.25) is 5.02 Å². The number of nitrogen functional groups attached to an aromatic ring is 2. The Kier molecular flexibility index (Phi) is 31.4. The number of hydrogen-bond donors (Lipinski definition) is 18. The Morgan fingerprint density at radius 3 is 1.47 bits per heavy atom. The van der Waals surface area contributed by atoms with Crippen molar-refractivity contribution >= 4 is 123 Å². The number of nitrogens with two attached hydrogens (primary N) is 3. The van der Waals surface area contributed by atoms with Gasteiger partial charge in [-0.3, -0.25) is 57.7 Å². The number of aliphatic hydroxyl groups is 1. The van der Waals surface area contributed by atoms with Crippen LogP contribution >= 0.6 is 11.6 Å². The summed E-state index contributed by atoms with van der Waals surface area (Å²) in [4.78, 5) is 173. The van der Waals surface area contributed by atoms with Crippen LogP contribution < -0.4 is 81.0 Å². The monoisotopic (exact) mass is 1610 g/mol. The minimum atomic E-state index is -1.87. The first-order chi connectivity index (χ1) is 55.9. The number of primary amides is 1. The van der Waals surface area contributed by atoms with Gasteiger partial charge < -0.3 is 91.0 Å². The zero-order chi connectivity index (χ0) is 84.4. The van der Waals surface area contributed by atoms with E-state index in [4.69, 9.17) is 30.2 Å². The van der Waals surface area contributed by atoms with Crippen molar-refractivity contribution in [3.8, 4) is 0 Å². The van der Waals surface area contributed by atoms with Crippen molar-refractivity contribution in [1.29, 1.82) is 0 Å². The van der Waals surface area contributed by atoms with Crippen LogP contribution in [0, 0.1) is 5.92 Å². The number of hydrogen-bond acceptors (Lipinski definition) is 22. The van der Waals surface area contributed by atoms with Crippen molar-refractivity contribution in [1.82, 2.24) is 93.4 Å². The van der Waals surface area contributed by atoms with Crippen LogP contribution in [-0.2, 0) is 84.8 Å². The summed E-state index contributed by atoms with van der Waals surface area (Å²) in [5, 5.41) is 59.9. The fourth-order valence-electron chi connectivity index (χ4n) is 13.1. The highest BCUT2D eigenvalue weighted by atomic mass is 35.5. The van der Waals surface area contributed by atoms with Gasteiger partial charge in [0.1, 0.15) is 60.4 Å². The lowest BCUT2D eigenvalue weighted by atomic mass is 9.99. The lowest BCUT2D eigenvalue weighted by Crippen LogP contribution is -2.62. The maximum atomic E-state index is 15.5. The van der Waals surface area contributed by atoms with E-state index in [1.165, 1.54) is 31.1 Å². The number of anilines is 6. The third kappa shape index (κ3) is 26.8. The van der Waals surface area contributed by atoms with Gasteiger partial charge in [0.2, 0.25) is 88.8 Å². The SMILES string of the molecule is [3H]c1c(C[C@@H](NC(C)=O)C(=O)N[C@H](Cc2ccc(Cl)cc2)C(=O)N[C@H](Cc2cccnc2)C(=O)N[C@@H](CO)C(=O)N[C@@H](Cc2ccc(Nc3nc(N)n[nH]3)cc2)C(=O)N[C@H](Cc2ccc(Nc3nc(N)n[nH]3)cc2)C(=O)N[C@@H](CC(C)C)C(=O)N[C@@H](CCCCNC(C)C)C(=O)N2CCC[C@H]2C(=O)N[C@H](C)C(N)=O)ccc2ccccc12. The van der Waals surface area contributed by atoms with Crippen molar-refractivity contribution in [2.45, 2.75) is 179 Å². The van der Waals surface area contributed by atoms with Gasteiger partial charge in [-0.15, -0.1) is 10.2 Å². The number of carbonyl (C=O) groups is 11. The minimum Gasteiger partial charge on any atom is -0.394 e. The van der Waals surface area contributed by atoms with Gasteiger partial charge in [0.25, 0.3) is 0 Å². The predicted molar refractivity (Wildman–Crippen MR) is 435 cm³/mol. The van der Waals surface area contributed by atoms with Crippen molar-refractivity contribution in [3.05, 3.63) is 173 Å². The molecule has 1 aliphatic heterocycles. The molecule has 116 heavy (non-hydrogen) atoms. The van der Waals surface area contributed by atoms with Gasteiger partial charge in [-0.05, 0) is 139 Å². The summed E-state index contributed by atoms with van der Waals surface area (Å²) >= 11 is 6.28. The number of benzene rings is 5. The van der Waals surface area contributed by atoms with Crippen LogP contribution in [0.5, 0.6) is 0 Å². The quantitative estimate of drug-likeness (QED) is 0.0244. The van der Waals surface area contributed by atoms with Gasteiger partial charge >= 0.3 is 0 Å². The zero-order valence-corrected chi connectivity index (χ0v) is 66.0. The molecule has 35 nitrogen and oxygen atoms in total. The molecule has 4 heterocycles. The van der Waals surface area contributed by atoms with E-state index in [-0.39, 0.29) is 99.7 Å². The van der Waals surface area contributed by atoms with Crippen molar-refractivity contribution in [2.75, 3.05) is 41.8 Å². The molecule has 36 heteroatoms. The smallest absolute Gasteiger partial charge is 0.245 e. The van der Waals surface area contributed by atoms with E-state index in [0.717, 1.165) is 5.39 Å². The third-order valence-electron chi connectivity index (χ3n) is 19.1. The number of H-pyrrole nitrogens is 2. The molecule has 0 spiro atoms. The molecule has 21 N–H and O–H groups in total. The average molecular weight is 1620 g/mol. The zero-order valence-electron chi connectivity index (χ0n) is 66.3. The van der Waals surface area contributed by atoms with Crippen molar-refractivity contribution in [2.24, 2.45) is 11.7 Å². The average Bonchev–Trinajstić information content (AvgIpc) is 1.60. The third-order valence-corrected chi connectivity index (χ3v) is 19.3. The van der Waals surface area contributed by atoms with E-state index < -0.39 is 132 Å². The first kappa shape index (κ1) is 85.8. The Hall–Kier alpha value is -12.6. The number of unbranched alkanes of at least 4 members (excludes halogenated alkanes) is 1. The number of aromatic amines is 2. The largest absolute Gasteiger partial charge is 0.394 e. The summed E-state index contributed by atoms with van der Waals surface area (Å²) in [6, 6.07) is 19.7. The second-order valence-corrected chi connectivity index (χ2v) is 29.7. The van der Waals surface area contributed by atoms with Gasteiger partial charge in [-0.2, -0.15) is 9.97 Å². The summed E-state index contributed by atoms with van der Waals surface area (Å²) in [5.41, 5.74) is 20.2. The highest BCUT2D eigenvalue weighted by Gasteiger charge is 2.41. The number of carbonyl (C=O) groups excluding carboxylic acids is 11. The summed E-state index contributed by atoms with van der Waals surface area (Å²) in [6.07, 6.45) is 3.66. The molecule has 1 aliphatic rings. The fourth-order valence-corrected chi connectivity index (χ4v) is 13.2. The van der Waals surface area contributed by atoms with Crippen LogP contribution in [0.1, 0.15) is 109 Å².